The van der Waals surface area contributed by atoms with Crippen molar-refractivity contribution >= 4 is 11.7 Å². The molecule has 8 nitrogen and oxygen atoms in total. The zero-order chi connectivity index (χ0) is 17.4. The number of amides is 1. The maximum atomic E-state index is 12.9. The number of imidazole rings is 1. The van der Waals surface area contributed by atoms with Gasteiger partial charge in [0.05, 0.1) is 37.3 Å². The molecule has 0 saturated heterocycles. The van der Waals surface area contributed by atoms with Crippen LogP contribution in [0.2, 0.25) is 0 Å². The standard InChI is InChI=1S/C17H22N6O2/c1-22-10-20-13-8-23(14-6-15(25-2)19-9-18-14)7-12(16(13)22)17(24)21-11-4-3-5-11/h6,9-12H,3-5,7-8H2,1-2H3,(H,21,24). The van der Waals surface area contributed by atoms with Gasteiger partial charge in [-0.15, -0.1) is 0 Å². The van der Waals surface area contributed by atoms with Crippen LogP contribution >= 0.6 is 0 Å². The van der Waals surface area contributed by atoms with Gasteiger partial charge in [0.2, 0.25) is 11.8 Å². The molecule has 3 heterocycles. The number of nitrogens with one attached hydrogen (secondary N) is 1. The lowest BCUT2D eigenvalue weighted by atomic mass is 9.91. The van der Waals surface area contributed by atoms with Gasteiger partial charge in [0.25, 0.3) is 0 Å². The second kappa shape index (κ2) is 6.34. The monoisotopic (exact) mass is 342 g/mol. The Kier molecular flexibility index (Phi) is 4.03. The van der Waals surface area contributed by atoms with Crippen molar-refractivity contribution in [3.8, 4) is 5.88 Å². The highest BCUT2D eigenvalue weighted by Crippen LogP contribution is 2.31. The van der Waals surface area contributed by atoms with Gasteiger partial charge in [0.15, 0.2) is 0 Å². The Morgan fingerprint density at radius 2 is 2.16 bits per heavy atom. The van der Waals surface area contributed by atoms with Crippen LogP contribution in [0.25, 0.3) is 0 Å². The first-order chi connectivity index (χ1) is 12.2. The van der Waals surface area contributed by atoms with Gasteiger partial charge < -0.3 is 19.5 Å². The van der Waals surface area contributed by atoms with Gasteiger partial charge in [0, 0.05) is 25.7 Å². The van der Waals surface area contributed by atoms with Crippen LogP contribution in [0.3, 0.4) is 0 Å². The van der Waals surface area contributed by atoms with Crippen LogP contribution in [0.15, 0.2) is 18.7 Å². The summed E-state index contributed by atoms with van der Waals surface area (Å²) in [5.74, 6) is 1.05. The summed E-state index contributed by atoms with van der Waals surface area (Å²) in [4.78, 5) is 27.8. The molecular weight excluding hydrogens is 320 g/mol. The van der Waals surface area contributed by atoms with E-state index in [0.29, 0.717) is 25.0 Å². The molecule has 25 heavy (non-hydrogen) atoms. The number of anilines is 1. The summed E-state index contributed by atoms with van der Waals surface area (Å²) in [6, 6.07) is 2.10. The van der Waals surface area contributed by atoms with E-state index in [9.17, 15) is 4.79 Å². The van der Waals surface area contributed by atoms with E-state index in [1.54, 1.807) is 19.5 Å². The fourth-order valence-corrected chi connectivity index (χ4v) is 3.46. The zero-order valence-corrected chi connectivity index (χ0v) is 14.5. The predicted octanol–water partition coefficient (Wildman–Crippen LogP) is 0.991. The van der Waals surface area contributed by atoms with Gasteiger partial charge in [-0.1, -0.05) is 0 Å². The van der Waals surface area contributed by atoms with Crippen LogP contribution in [-0.2, 0) is 18.4 Å². The summed E-state index contributed by atoms with van der Waals surface area (Å²) in [5.41, 5.74) is 1.91. The smallest absolute Gasteiger partial charge is 0.231 e. The molecule has 1 aliphatic heterocycles. The molecule has 1 aliphatic carbocycles. The van der Waals surface area contributed by atoms with E-state index in [2.05, 4.69) is 25.2 Å². The molecule has 1 atom stereocenters. The largest absolute Gasteiger partial charge is 0.481 e. The van der Waals surface area contributed by atoms with Crippen molar-refractivity contribution in [3.05, 3.63) is 30.1 Å². The number of hydrogen-bond donors (Lipinski definition) is 1. The van der Waals surface area contributed by atoms with Gasteiger partial charge in [-0.3, -0.25) is 4.79 Å². The van der Waals surface area contributed by atoms with Crippen molar-refractivity contribution in [3.63, 3.8) is 0 Å². The molecule has 0 aromatic carbocycles. The third-order valence-corrected chi connectivity index (χ3v) is 5.06. The number of hydrogen-bond acceptors (Lipinski definition) is 6. The molecule has 1 N–H and O–H groups in total. The van der Waals surface area contributed by atoms with E-state index in [1.165, 1.54) is 12.7 Å². The fraction of sp³-hybridized carbons (Fsp3) is 0.529. The number of nitrogens with zero attached hydrogens (tertiary/aromatic N) is 5. The quantitative estimate of drug-likeness (QED) is 0.892. The number of aromatic nitrogens is 4. The Labute approximate surface area is 146 Å². The summed E-state index contributed by atoms with van der Waals surface area (Å²) in [6.07, 6.45) is 6.59. The molecule has 2 aromatic heterocycles. The average molecular weight is 342 g/mol. The summed E-state index contributed by atoms with van der Waals surface area (Å²) >= 11 is 0. The highest BCUT2D eigenvalue weighted by molar-refractivity contribution is 5.85. The minimum atomic E-state index is -0.266. The van der Waals surface area contributed by atoms with E-state index in [4.69, 9.17) is 4.74 Å². The number of carbonyl (C=O) groups is 1. The van der Waals surface area contributed by atoms with Crippen LogP contribution in [-0.4, -0.2) is 45.1 Å². The Morgan fingerprint density at radius 3 is 2.88 bits per heavy atom. The van der Waals surface area contributed by atoms with Crippen molar-refractivity contribution in [2.45, 2.75) is 37.8 Å². The number of methoxy groups -OCH3 is 1. The number of ether oxygens (including phenoxy) is 1. The Morgan fingerprint density at radius 1 is 1.32 bits per heavy atom. The predicted molar refractivity (Wildman–Crippen MR) is 91.4 cm³/mol. The maximum absolute atomic E-state index is 12.9. The highest BCUT2D eigenvalue weighted by Gasteiger charge is 2.35. The summed E-state index contributed by atoms with van der Waals surface area (Å²) in [6.45, 7) is 1.18. The minimum absolute atomic E-state index is 0.0697. The van der Waals surface area contributed by atoms with E-state index in [-0.39, 0.29) is 11.8 Å². The molecule has 0 spiro atoms. The number of fused-ring (bicyclic) bond motifs is 1. The maximum Gasteiger partial charge on any atom is 0.231 e. The topological polar surface area (TPSA) is 85.2 Å². The van der Waals surface area contributed by atoms with Crippen molar-refractivity contribution < 1.29 is 9.53 Å². The Bertz CT molecular complexity index is 785. The molecule has 132 valence electrons. The van der Waals surface area contributed by atoms with E-state index in [0.717, 1.165) is 30.0 Å². The average Bonchev–Trinajstić information content (AvgIpc) is 2.98. The van der Waals surface area contributed by atoms with Gasteiger partial charge in [-0.2, -0.15) is 0 Å². The molecule has 0 radical (unpaired) electrons. The minimum Gasteiger partial charge on any atom is -0.481 e. The molecule has 0 bridgehead atoms. The highest BCUT2D eigenvalue weighted by atomic mass is 16.5. The van der Waals surface area contributed by atoms with Crippen LogP contribution in [0.5, 0.6) is 5.88 Å². The third-order valence-electron chi connectivity index (χ3n) is 5.06. The van der Waals surface area contributed by atoms with Gasteiger partial charge in [-0.05, 0) is 19.3 Å². The molecule has 4 rings (SSSR count). The normalized spacial score (nSPS) is 19.9. The second-order valence-corrected chi connectivity index (χ2v) is 6.68. The van der Waals surface area contributed by atoms with Crippen LogP contribution in [0.1, 0.15) is 36.6 Å². The van der Waals surface area contributed by atoms with Gasteiger partial charge in [0.1, 0.15) is 12.1 Å². The second-order valence-electron chi connectivity index (χ2n) is 6.68. The van der Waals surface area contributed by atoms with E-state index < -0.39 is 0 Å². The van der Waals surface area contributed by atoms with Crippen LogP contribution < -0.4 is 15.0 Å². The number of carbonyl (C=O) groups excluding carboxylic acids is 1. The first-order valence-electron chi connectivity index (χ1n) is 8.57. The zero-order valence-electron chi connectivity index (χ0n) is 14.5. The van der Waals surface area contributed by atoms with Crippen LogP contribution in [0.4, 0.5) is 5.82 Å². The first-order valence-corrected chi connectivity index (χ1v) is 8.57. The van der Waals surface area contributed by atoms with Crippen LogP contribution in [0, 0.1) is 0 Å². The van der Waals surface area contributed by atoms with Gasteiger partial charge in [-0.25, -0.2) is 15.0 Å². The van der Waals surface area contributed by atoms with Crippen molar-refractivity contribution in [2.24, 2.45) is 7.05 Å². The number of aryl methyl sites for hydroxylation is 1. The van der Waals surface area contributed by atoms with Crippen molar-refractivity contribution in [1.29, 1.82) is 0 Å². The van der Waals surface area contributed by atoms with E-state index >= 15 is 0 Å². The SMILES string of the molecule is COc1cc(N2Cc3ncn(C)c3C(C(=O)NC3CCC3)C2)ncn1. The molecule has 1 saturated carbocycles. The molecule has 2 aliphatic rings. The Balaban J connectivity index is 1.62. The molecule has 2 aromatic rings. The van der Waals surface area contributed by atoms with Crippen molar-refractivity contribution in [1.82, 2.24) is 24.8 Å². The number of rotatable bonds is 4. The fourth-order valence-electron chi connectivity index (χ4n) is 3.46. The molecule has 8 heteroatoms. The molecule has 1 unspecified atom stereocenters. The Hall–Kier alpha value is -2.64. The lowest BCUT2D eigenvalue weighted by Gasteiger charge is -2.35. The first kappa shape index (κ1) is 15.9. The molecule has 1 amide bonds. The van der Waals surface area contributed by atoms with Crippen molar-refractivity contribution in [2.75, 3.05) is 18.6 Å². The third kappa shape index (κ3) is 2.92. The summed E-state index contributed by atoms with van der Waals surface area (Å²) in [7, 11) is 3.52. The van der Waals surface area contributed by atoms with Gasteiger partial charge >= 0.3 is 0 Å². The lowest BCUT2D eigenvalue weighted by molar-refractivity contribution is -0.123. The summed E-state index contributed by atoms with van der Waals surface area (Å²) in [5, 5.41) is 3.17. The lowest BCUT2D eigenvalue weighted by Crippen LogP contribution is -2.47. The molecule has 1 fully saturated rings. The molecular formula is C17H22N6O2. The summed E-state index contributed by atoms with van der Waals surface area (Å²) < 4.78 is 7.15. The van der Waals surface area contributed by atoms with E-state index in [1.807, 2.05) is 11.6 Å².